The lowest BCUT2D eigenvalue weighted by Gasteiger charge is -2.26. The third kappa shape index (κ3) is 5.26. The van der Waals surface area contributed by atoms with Crippen LogP contribution in [-0.4, -0.2) is 60.4 Å². The molecule has 0 aliphatic carbocycles. The number of hydrogen-bond donors (Lipinski definition) is 1. The Labute approximate surface area is 136 Å². The van der Waals surface area contributed by atoms with Crippen LogP contribution in [0.5, 0.6) is 0 Å². The zero-order valence-corrected chi connectivity index (χ0v) is 14.2. The summed E-state index contributed by atoms with van der Waals surface area (Å²) in [6, 6.07) is -0.315. The van der Waals surface area contributed by atoms with E-state index >= 15 is 0 Å². The summed E-state index contributed by atoms with van der Waals surface area (Å²) in [4.78, 5) is 18.2. The van der Waals surface area contributed by atoms with Gasteiger partial charge in [0.25, 0.3) is 0 Å². The first kappa shape index (κ1) is 17.8. The Bertz CT molecular complexity index is 499. The maximum Gasteiger partial charge on any atom is 0.246 e. The molecule has 2 unspecified atom stereocenters. The molecule has 1 aliphatic rings. The number of morpholine rings is 1. The summed E-state index contributed by atoms with van der Waals surface area (Å²) in [7, 11) is 1.71. The van der Waals surface area contributed by atoms with Gasteiger partial charge in [0.15, 0.2) is 5.82 Å². The molecule has 0 bridgehead atoms. The van der Waals surface area contributed by atoms with Crippen molar-refractivity contribution in [2.75, 3.05) is 33.4 Å². The van der Waals surface area contributed by atoms with Gasteiger partial charge in [-0.2, -0.15) is 4.98 Å². The van der Waals surface area contributed by atoms with Crippen molar-refractivity contribution in [1.29, 1.82) is 0 Å². The minimum absolute atomic E-state index is 0.0476. The van der Waals surface area contributed by atoms with Gasteiger partial charge in [0.2, 0.25) is 11.8 Å². The van der Waals surface area contributed by atoms with Crippen molar-refractivity contribution in [3.8, 4) is 0 Å². The van der Waals surface area contributed by atoms with Crippen LogP contribution in [0.15, 0.2) is 4.52 Å². The first-order chi connectivity index (χ1) is 11.0. The number of amides is 1. The van der Waals surface area contributed by atoms with Gasteiger partial charge in [-0.25, -0.2) is 0 Å². The van der Waals surface area contributed by atoms with Crippen molar-refractivity contribution in [3.63, 3.8) is 0 Å². The van der Waals surface area contributed by atoms with E-state index in [2.05, 4.69) is 29.3 Å². The van der Waals surface area contributed by atoms with Gasteiger partial charge in [-0.1, -0.05) is 19.0 Å². The van der Waals surface area contributed by atoms with Crippen LogP contribution in [0.3, 0.4) is 0 Å². The van der Waals surface area contributed by atoms with Gasteiger partial charge in [0, 0.05) is 20.2 Å². The molecule has 1 fully saturated rings. The Hall–Kier alpha value is -1.51. The van der Waals surface area contributed by atoms with Crippen LogP contribution in [0.2, 0.25) is 0 Å². The molecule has 1 N–H and O–H groups in total. The zero-order valence-electron chi connectivity index (χ0n) is 14.2. The van der Waals surface area contributed by atoms with E-state index in [0.717, 1.165) is 0 Å². The number of likely N-dealkylation sites (N-methyl/N-ethyl adjacent to an activating group) is 1. The number of carbonyl (C=O) groups excluding carboxylic acids is 1. The van der Waals surface area contributed by atoms with Gasteiger partial charge < -0.3 is 24.2 Å². The molecule has 1 aromatic heterocycles. The Morgan fingerprint density at radius 2 is 2.26 bits per heavy atom. The molecule has 1 aromatic rings. The van der Waals surface area contributed by atoms with Crippen molar-refractivity contribution in [1.82, 2.24) is 20.4 Å². The highest BCUT2D eigenvalue weighted by molar-refractivity contribution is 5.81. The molecule has 2 atom stereocenters. The largest absolute Gasteiger partial charge is 0.378 e. The number of nitrogens with one attached hydrogen (secondary N) is 1. The molecule has 0 spiro atoms. The third-order valence-electron chi connectivity index (χ3n) is 3.50. The molecule has 2 heterocycles. The minimum Gasteiger partial charge on any atom is -0.378 e. The van der Waals surface area contributed by atoms with Gasteiger partial charge in [-0.3, -0.25) is 4.79 Å². The van der Waals surface area contributed by atoms with Crippen molar-refractivity contribution in [2.45, 2.75) is 39.5 Å². The molecule has 1 saturated heterocycles. The molecule has 8 nitrogen and oxygen atoms in total. The van der Waals surface area contributed by atoms with E-state index in [1.165, 1.54) is 0 Å². The van der Waals surface area contributed by atoms with Crippen LogP contribution in [0, 0.1) is 5.92 Å². The van der Waals surface area contributed by atoms with E-state index < -0.39 is 0 Å². The molecule has 1 aliphatic heterocycles. The second-order valence-corrected chi connectivity index (χ2v) is 6.19. The highest BCUT2D eigenvalue weighted by Crippen LogP contribution is 2.15. The molecule has 130 valence electrons. The molecular weight excluding hydrogens is 300 g/mol. The van der Waals surface area contributed by atoms with Gasteiger partial charge in [-0.15, -0.1) is 0 Å². The summed E-state index contributed by atoms with van der Waals surface area (Å²) in [5.74, 6) is 1.29. The fraction of sp³-hybridized carbons (Fsp3) is 0.800. The van der Waals surface area contributed by atoms with Gasteiger partial charge in [0.05, 0.1) is 19.8 Å². The highest BCUT2D eigenvalue weighted by Gasteiger charge is 2.25. The summed E-state index contributed by atoms with van der Waals surface area (Å²) < 4.78 is 16.2. The van der Waals surface area contributed by atoms with Crippen LogP contribution in [-0.2, 0) is 20.8 Å². The number of hydrogen-bond acceptors (Lipinski definition) is 7. The lowest BCUT2D eigenvalue weighted by Crippen LogP contribution is -2.51. The van der Waals surface area contributed by atoms with Crippen LogP contribution < -0.4 is 5.32 Å². The second kappa shape index (κ2) is 8.37. The molecule has 2 rings (SSSR count). The van der Waals surface area contributed by atoms with E-state index in [1.54, 1.807) is 11.9 Å². The maximum absolute atomic E-state index is 12.3. The summed E-state index contributed by atoms with van der Waals surface area (Å²) in [5.41, 5.74) is 0. The number of rotatable bonds is 7. The molecule has 8 heteroatoms. The molecule has 23 heavy (non-hydrogen) atoms. The van der Waals surface area contributed by atoms with Crippen LogP contribution in [0.4, 0.5) is 0 Å². The molecule has 0 radical (unpaired) electrons. The lowest BCUT2D eigenvalue weighted by molar-refractivity contribution is -0.135. The average molecular weight is 326 g/mol. The predicted molar refractivity (Wildman–Crippen MR) is 82.6 cm³/mol. The summed E-state index contributed by atoms with van der Waals surface area (Å²) in [5, 5.41) is 7.06. The average Bonchev–Trinajstić information content (AvgIpc) is 3.01. The number of nitrogens with zero attached hydrogens (tertiary/aromatic N) is 3. The SMILES string of the molecule is CC(C)COC(C)c1noc(CN(C)C(=O)C2COCCN2)n1. The fourth-order valence-corrected chi connectivity index (χ4v) is 2.18. The lowest BCUT2D eigenvalue weighted by atomic mass is 10.2. The van der Waals surface area contributed by atoms with Gasteiger partial charge in [-0.05, 0) is 12.8 Å². The van der Waals surface area contributed by atoms with Crippen molar-refractivity contribution >= 4 is 5.91 Å². The maximum atomic E-state index is 12.3. The van der Waals surface area contributed by atoms with E-state index in [-0.39, 0.29) is 24.6 Å². The first-order valence-electron chi connectivity index (χ1n) is 7.97. The Balaban J connectivity index is 1.86. The van der Waals surface area contributed by atoms with Crippen LogP contribution >= 0.6 is 0 Å². The summed E-state index contributed by atoms with van der Waals surface area (Å²) in [6.45, 7) is 8.65. The smallest absolute Gasteiger partial charge is 0.246 e. The first-order valence-corrected chi connectivity index (χ1v) is 7.97. The monoisotopic (exact) mass is 326 g/mol. The van der Waals surface area contributed by atoms with Crippen molar-refractivity contribution < 1.29 is 18.8 Å². The van der Waals surface area contributed by atoms with Gasteiger partial charge >= 0.3 is 0 Å². The quantitative estimate of drug-likeness (QED) is 0.791. The Morgan fingerprint density at radius 1 is 1.48 bits per heavy atom. The molecule has 1 amide bonds. The zero-order chi connectivity index (χ0) is 16.8. The predicted octanol–water partition coefficient (Wildman–Crippen LogP) is 0.750. The fourth-order valence-electron chi connectivity index (χ4n) is 2.18. The van der Waals surface area contributed by atoms with Crippen LogP contribution in [0.25, 0.3) is 0 Å². The van der Waals surface area contributed by atoms with E-state index in [4.69, 9.17) is 14.0 Å². The minimum atomic E-state index is -0.315. The van der Waals surface area contributed by atoms with Crippen LogP contribution in [0.1, 0.15) is 38.6 Å². The molecule has 0 saturated carbocycles. The number of aromatic nitrogens is 2. The topological polar surface area (TPSA) is 89.7 Å². The Kier molecular flexibility index (Phi) is 6.49. The van der Waals surface area contributed by atoms with E-state index in [9.17, 15) is 4.79 Å². The Morgan fingerprint density at radius 3 is 2.91 bits per heavy atom. The highest BCUT2D eigenvalue weighted by atomic mass is 16.5. The van der Waals surface area contributed by atoms with Gasteiger partial charge in [0.1, 0.15) is 12.1 Å². The molecule has 0 aromatic carbocycles. The summed E-state index contributed by atoms with van der Waals surface area (Å²) >= 11 is 0. The van der Waals surface area contributed by atoms with E-state index in [0.29, 0.717) is 44.0 Å². The molecular formula is C15H26N4O4. The van der Waals surface area contributed by atoms with E-state index in [1.807, 2.05) is 6.92 Å². The van der Waals surface area contributed by atoms with Crippen molar-refractivity contribution in [2.24, 2.45) is 5.92 Å². The summed E-state index contributed by atoms with van der Waals surface area (Å²) in [6.07, 6.45) is -0.232. The van der Waals surface area contributed by atoms with Crippen molar-refractivity contribution in [3.05, 3.63) is 11.7 Å². The second-order valence-electron chi connectivity index (χ2n) is 6.19. The normalized spacial score (nSPS) is 19.8. The third-order valence-corrected chi connectivity index (χ3v) is 3.50. The number of ether oxygens (including phenoxy) is 2. The number of carbonyl (C=O) groups is 1. The standard InChI is InChI=1S/C15H26N4O4/c1-10(2)8-22-11(3)14-17-13(23-18-14)7-19(4)15(20)12-9-21-6-5-16-12/h10-12,16H,5-9H2,1-4H3.